The quantitative estimate of drug-likeness (QED) is 0.437. The first-order valence-corrected chi connectivity index (χ1v) is 10.2. The first-order chi connectivity index (χ1) is 10.4. The van der Waals surface area contributed by atoms with Crippen molar-refractivity contribution < 1.29 is 0 Å². The van der Waals surface area contributed by atoms with Gasteiger partial charge >= 0.3 is 139 Å². The zero-order chi connectivity index (χ0) is 14.8. The minimum absolute atomic E-state index is 0.226. The Morgan fingerprint density at radius 1 is 0.857 bits per heavy atom. The third-order valence-electron chi connectivity index (χ3n) is 3.40. The van der Waals surface area contributed by atoms with Crippen molar-refractivity contribution in [3.05, 3.63) is 69.8 Å². The molecular weight excluding hydrogens is 368 g/mol. The summed E-state index contributed by atoms with van der Waals surface area (Å²) >= 11 is -0.226. The summed E-state index contributed by atoms with van der Waals surface area (Å²) in [6.07, 6.45) is 9.08. The van der Waals surface area contributed by atoms with Gasteiger partial charge in [0.05, 0.1) is 0 Å². The molecule has 0 bridgehead atoms. The topological polar surface area (TPSA) is 0 Å². The van der Waals surface area contributed by atoms with Gasteiger partial charge in [0.25, 0.3) is 0 Å². The molecule has 0 radical (unpaired) electrons. The van der Waals surface area contributed by atoms with Gasteiger partial charge in [0, 0.05) is 0 Å². The van der Waals surface area contributed by atoms with Gasteiger partial charge in [-0.15, -0.1) is 0 Å². The van der Waals surface area contributed by atoms with Gasteiger partial charge in [-0.1, -0.05) is 0 Å². The molecule has 1 heteroatoms. The minimum atomic E-state index is -0.226. The number of allylic oxidation sites excluding steroid dienone is 1. The molecule has 0 atom stereocenters. The molecule has 0 unspecified atom stereocenters. The average Bonchev–Trinajstić information content (AvgIpc) is 2.53. The van der Waals surface area contributed by atoms with Gasteiger partial charge in [0.15, 0.2) is 0 Å². The standard InChI is InChI=1S/C20H24Te/c1-2-3-4-9-16-20(17-18-12-7-5-8-13-18)21-19-14-10-6-11-15-19/h5-8,10-15,17H,2-4,9,16H2,1H3/b20-17+. The molecule has 0 N–H and O–H groups in total. The second-order valence-electron chi connectivity index (χ2n) is 5.25. The summed E-state index contributed by atoms with van der Waals surface area (Å²) in [6, 6.07) is 21.8. The molecular formula is C20H24Te. The van der Waals surface area contributed by atoms with Crippen molar-refractivity contribution in [1.82, 2.24) is 0 Å². The normalized spacial score (nSPS) is 11.6. The summed E-state index contributed by atoms with van der Waals surface area (Å²) < 4.78 is 3.22. The van der Waals surface area contributed by atoms with E-state index in [1.54, 1.807) is 7.23 Å². The Bertz CT molecular complexity index is 528. The molecule has 0 nitrogen and oxygen atoms in total. The molecule has 0 aliphatic rings. The molecule has 2 rings (SSSR count). The molecule has 0 amide bonds. The van der Waals surface area contributed by atoms with E-state index in [2.05, 4.69) is 73.7 Å². The molecule has 21 heavy (non-hydrogen) atoms. The van der Waals surface area contributed by atoms with Crippen LogP contribution in [0, 0.1) is 0 Å². The van der Waals surface area contributed by atoms with E-state index in [1.165, 1.54) is 37.7 Å². The first-order valence-electron chi connectivity index (χ1n) is 7.87. The van der Waals surface area contributed by atoms with E-state index >= 15 is 0 Å². The SMILES string of the molecule is CCCCCC/C(=C\c1ccccc1)[Te]c1ccccc1. The molecule has 0 saturated heterocycles. The van der Waals surface area contributed by atoms with E-state index in [4.69, 9.17) is 0 Å². The summed E-state index contributed by atoms with van der Waals surface area (Å²) in [7, 11) is 0. The Hall–Kier alpha value is -1.03. The maximum atomic E-state index is 2.43. The van der Waals surface area contributed by atoms with Gasteiger partial charge in [0.1, 0.15) is 0 Å². The summed E-state index contributed by atoms with van der Waals surface area (Å²) in [5.41, 5.74) is 1.35. The molecule has 0 saturated carbocycles. The van der Waals surface area contributed by atoms with E-state index in [1.807, 2.05) is 0 Å². The fourth-order valence-corrected chi connectivity index (χ4v) is 5.21. The first kappa shape index (κ1) is 16.3. The Morgan fingerprint density at radius 2 is 1.52 bits per heavy atom. The molecule has 0 spiro atoms. The third kappa shape index (κ3) is 6.51. The number of unbranched alkanes of at least 4 members (excludes halogenated alkanes) is 3. The van der Waals surface area contributed by atoms with Crippen LogP contribution in [0.4, 0.5) is 0 Å². The number of rotatable bonds is 8. The fraction of sp³-hybridized carbons (Fsp3) is 0.300. The fourth-order valence-electron chi connectivity index (χ4n) is 2.25. The monoisotopic (exact) mass is 394 g/mol. The Balaban J connectivity index is 2.04. The van der Waals surface area contributed by atoms with Crippen LogP contribution in [0.5, 0.6) is 0 Å². The van der Waals surface area contributed by atoms with Crippen LogP contribution >= 0.6 is 0 Å². The summed E-state index contributed by atoms with van der Waals surface area (Å²) in [6.45, 7) is 2.28. The molecule has 0 heterocycles. The molecule has 0 fully saturated rings. The summed E-state index contributed by atoms with van der Waals surface area (Å²) in [5, 5.41) is 0. The Kier molecular flexibility index (Phi) is 7.65. The second kappa shape index (κ2) is 9.82. The van der Waals surface area contributed by atoms with E-state index in [0.29, 0.717) is 0 Å². The van der Waals surface area contributed by atoms with Gasteiger partial charge in [-0.25, -0.2) is 0 Å². The number of hydrogen-bond donors (Lipinski definition) is 0. The van der Waals surface area contributed by atoms with Crippen molar-refractivity contribution >= 4 is 30.6 Å². The van der Waals surface area contributed by atoms with Crippen LogP contribution in [0.3, 0.4) is 0 Å². The van der Waals surface area contributed by atoms with E-state index in [-0.39, 0.29) is 20.9 Å². The van der Waals surface area contributed by atoms with Gasteiger partial charge in [-0.3, -0.25) is 0 Å². The van der Waals surface area contributed by atoms with Crippen molar-refractivity contribution in [3.8, 4) is 0 Å². The zero-order valence-corrected chi connectivity index (χ0v) is 15.1. The van der Waals surface area contributed by atoms with Crippen LogP contribution in [0.25, 0.3) is 6.08 Å². The third-order valence-corrected chi connectivity index (χ3v) is 6.51. The molecule has 0 aromatic heterocycles. The van der Waals surface area contributed by atoms with Crippen LogP contribution in [-0.4, -0.2) is 20.9 Å². The Labute approximate surface area is 139 Å². The van der Waals surface area contributed by atoms with Crippen molar-refractivity contribution in [2.24, 2.45) is 0 Å². The predicted molar refractivity (Wildman–Crippen MR) is 95.0 cm³/mol. The van der Waals surface area contributed by atoms with Crippen LogP contribution in [0.2, 0.25) is 0 Å². The van der Waals surface area contributed by atoms with E-state index < -0.39 is 0 Å². The molecule has 110 valence electrons. The molecule has 2 aromatic carbocycles. The molecule has 2 aromatic rings. The van der Waals surface area contributed by atoms with E-state index in [9.17, 15) is 0 Å². The van der Waals surface area contributed by atoms with Gasteiger partial charge in [0.2, 0.25) is 0 Å². The zero-order valence-electron chi connectivity index (χ0n) is 12.8. The molecule has 0 aliphatic heterocycles. The number of benzene rings is 2. The number of hydrogen-bond acceptors (Lipinski definition) is 0. The van der Waals surface area contributed by atoms with Crippen molar-refractivity contribution in [2.45, 2.75) is 39.0 Å². The average molecular weight is 392 g/mol. The van der Waals surface area contributed by atoms with Crippen molar-refractivity contribution in [3.63, 3.8) is 0 Å². The van der Waals surface area contributed by atoms with Gasteiger partial charge < -0.3 is 0 Å². The van der Waals surface area contributed by atoms with Gasteiger partial charge in [-0.05, 0) is 0 Å². The van der Waals surface area contributed by atoms with Gasteiger partial charge in [-0.2, -0.15) is 0 Å². The predicted octanol–water partition coefficient (Wildman–Crippen LogP) is 5.03. The summed E-state index contributed by atoms with van der Waals surface area (Å²) in [4.78, 5) is 0. The maximum absolute atomic E-state index is 2.43. The van der Waals surface area contributed by atoms with Crippen LogP contribution in [0.15, 0.2) is 64.3 Å². The van der Waals surface area contributed by atoms with Crippen molar-refractivity contribution in [2.75, 3.05) is 0 Å². The van der Waals surface area contributed by atoms with Crippen LogP contribution < -0.4 is 3.61 Å². The Morgan fingerprint density at radius 3 is 2.19 bits per heavy atom. The van der Waals surface area contributed by atoms with Crippen LogP contribution in [0.1, 0.15) is 44.6 Å². The molecule has 0 aliphatic carbocycles. The summed E-state index contributed by atoms with van der Waals surface area (Å²) in [5.74, 6) is 0. The van der Waals surface area contributed by atoms with Crippen LogP contribution in [-0.2, 0) is 0 Å². The van der Waals surface area contributed by atoms with Crippen molar-refractivity contribution in [1.29, 1.82) is 0 Å². The van der Waals surface area contributed by atoms with E-state index in [0.717, 1.165) is 0 Å². The second-order valence-corrected chi connectivity index (χ2v) is 8.67.